The third kappa shape index (κ3) is 5.50. The number of hydrogen-bond acceptors (Lipinski definition) is 2. The van der Waals surface area contributed by atoms with Gasteiger partial charge in [-0.3, -0.25) is 4.98 Å². The molecule has 0 aromatic carbocycles. The van der Waals surface area contributed by atoms with Crippen molar-refractivity contribution in [1.29, 1.82) is 0 Å². The number of pyridine rings is 1. The molecule has 0 saturated carbocycles. The van der Waals surface area contributed by atoms with E-state index in [1.165, 1.54) is 24.7 Å². The van der Waals surface area contributed by atoms with Gasteiger partial charge in [0.15, 0.2) is 0 Å². The van der Waals surface area contributed by atoms with E-state index in [1.54, 1.807) is 20.8 Å². The first kappa shape index (κ1) is 15.8. The van der Waals surface area contributed by atoms with E-state index in [0.717, 1.165) is 0 Å². The van der Waals surface area contributed by atoms with Crippen LogP contribution >= 0.6 is 0 Å². The second-order valence-corrected chi connectivity index (χ2v) is 6.90. The highest BCUT2D eigenvalue weighted by Crippen LogP contribution is 2.22. The molecule has 1 heterocycles. The Kier molecular flexibility index (Phi) is 4.84. The molecule has 1 aromatic rings. The van der Waals surface area contributed by atoms with Crippen LogP contribution in [0.2, 0.25) is 0 Å². The molecule has 3 nitrogen and oxygen atoms in total. The van der Waals surface area contributed by atoms with Gasteiger partial charge in [0.1, 0.15) is 11.0 Å². The number of alkyl halides is 3. The van der Waals surface area contributed by atoms with Gasteiger partial charge in [-0.1, -0.05) is 0 Å². The molecule has 106 valence electrons. The first-order valence-corrected chi connectivity index (χ1v) is 6.66. The fraction of sp³-hybridized carbons (Fsp3) is 0.500. The molecule has 0 saturated heterocycles. The first-order chi connectivity index (χ1) is 8.59. The number of halogens is 3. The molecular weight excluding hydrogens is 277 g/mol. The van der Waals surface area contributed by atoms with Crippen LogP contribution in [0.4, 0.5) is 13.2 Å². The minimum atomic E-state index is -4.30. The molecule has 0 aliphatic heterocycles. The summed E-state index contributed by atoms with van der Waals surface area (Å²) >= 11 is 0. The average Bonchev–Trinajstić information content (AvgIpc) is 2.24. The van der Waals surface area contributed by atoms with Gasteiger partial charge in [0.25, 0.3) is 0 Å². The number of hydrogen-bond donors (Lipinski definition) is 0. The fourth-order valence-corrected chi connectivity index (χ4v) is 1.72. The standard InChI is InChI=1S/C12H15F3N2OS/c1-11(2,3)19(18)17-8-10-7-16-5-4-9(10)6-12(13,14)15/h4-5,7-8H,6H2,1-3H3/t19-/m1/s1. The molecular formula is C12H15F3N2OS. The molecule has 19 heavy (non-hydrogen) atoms. The molecule has 0 fully saturated rings. The first-order valence-electron chi connectivity index (χ1n) is 5.55. The molecule has 1 rings (SSSR count). The zero-order chi connectivity index (χ0) is 14.7. The lowest BCUT2D eigenvalue weighted by atomic mass is 10.1. The zero-order valence-electron chi connectivity index (χ0n) is 10.9. The predicted octanol–water partition coefficient (Wildman–Crippen LogP) is 3.07. The summed E-state index contributed by atoms with van der Waals surface area (Å²) in [6.45, 7) is 5.21. The maximum absolute atomic E-state index is 12.4. The van der Waals surface area contributed by atoms with Crippen LogP contribution in [-0.4, -0.2) is 26.3 Å². The summed E-state index contributed by atoms with van der Waals surface area (Å²) in [5, 5.41) is 0. The van der Waals surface area contributed by atoms with Crippen LogP contribution in [0.25, 0.3) is 0 Å². The van der Waals surface area contributed by atoms with Gasteiger partial charge in [0.05, 0.1) is 11.2 Å². The summed E-state index contributed by atoms with van der Waals surface area (Å²) < 4.78 is 52.1. The summed E-state index contributed by atoms with van der Waals surface area (Å²) in [6.07, 6.45) is -1.59. The largest absolute Gasteiger partial charge is 0.393 e. The van der Waals surface area contributed by atoms with Crippen LogP contribution in [0.15, 0.2) is 22.9 Å². The molecule has 1 aromatic heterocycles. The highest BCUT2D eigenvalue weighted by molar-refractivity contribution is 7.85. The summed E-state index contributed by atoms with van der Waals surface area (Å²) in [6, 6.07) is 1.29. The van der Waals surface area contributed by atoms with E-state index in [0.29, 0.717) is 0 Å². The van der Waals surface area contributed by atoms with Gasteiger partial charge in [-0.2, -0.15) is 17.6 Å². The van der Waals surface area contributed by atoms with Gasteiger partial charge in [-0.05, 0) is 32.4 Å². The molecule has 0 bridgehead atoms. The second-order valence-electron chi connectivity index (χ2n) is 4.96. The van der Waals surface area contributed by atoms with Crippen molar-refractivity contribution in [3.05, 3.63) is 29.6 Å². The predicted molar refractivity (Wildman–Crippen MR) is 69.5 cm³/mol. The van der Waals surface area contributed by atoms with Gasteiger partial charge in [-0.15, -0.1) is 0 Å². The SMILES string of the molecule is CC(C)(C)[S@@](=O)N=Cc1cnccc1CC(F)(F)F. The van der Waals surface area contributed by atoms with E-state index < -0.39 is 28.3 Å². The van der Waals surface area contributed by atoms with Crippen molar-refractivity contribution in [2.75, 3.05) is 0 Å². The Balaban J connectivity index is 2.96. The van der Waals surface area contributed by atoms with Gasteiger partial charge < -0.3 is 0 Å². The molecule has 0 amide bonds. The zero-order valence-corrected chi connectivity index (χ0v) is 11.7. The highest BCUT2D eigenvalue weighted by atomic mass is 32.2. The Hall–Kier alpha value is -1.24. The second kappa shape index (κ2) is 5.81. The van der Waals surface area contributed by atoms with Crippen LogP contribution in [-0.2, 0) is 17.4 Å². The lowest BCUT2D eigenvalue weighted by molar-refractivity contribution is -0.127. The Morgan fingerprint density at radius 3 is 2.53 bits per heavy atom. The quantitative estimate of drug-likeness (QED) is 0.803. The smallest absolute Gasteiger partial charge is 0.264 e. The summed E-state index contributed by atoms with van der Waals surface area (Å²) in [7, 11) is -1.51. The average molecular weight is 292 g/mol. The van der Waals surface area contributed by atoms with Gasteiger partial charge in [-0.25, -0.2) is 4.21 Å². The lowest BCUT2D eigenvalue weighted by Gasteiger charge is -2.13. The maximum Gasteiger partial charge on any atom is 0.393 e. The maximum atomic E-state index is 12.4. The Labute approximate surface area is 112 Å². The lowest BCUT2D eigenvalue weighted by Crippen LogP contribution is -2.20. The van der Waals surface area contributed by atoms with E-state index in [1.807, 2.05) is 0 Å². The van der Waals surface area contributed by atoms with Crippen molar-refractivity contribution >= 4 is 17.2 Å². The topological polar surface area (TPSA) is 42.3 Å². The number of aromatic nitrogens is 1. The molecule has 7 heteroatoms. The fourth-order valence-electron chi connectivity index (χ4n) is 1.19. The van der Waals surface area contributed by atoms with Crippen molar-refractivity contribution < 1.29 is 17.4 Å². The van der Waals surface area contributed by atoms with Crippen molar-refractivity contribution in [3.63, 3.8) is 0 Å². The number of rotatable bonds is 3. The summed E-state index contributed by atoms with van der Waals surface area (Å²) in [5.74, 6) is 0. The van der Waals surface area contributed by atoms with Crippen LogP contribution in [0.3, 0.4) is 0 Å². The molecule has 1 atom stereocenters. The normalized spacial score (nSPS) is 14.8. The van der Waals surface area contributed by atoms with Gasteiger partial charge in [0, 0.05) is 24.2 Å². The Bertz CT molecular complexity index is 492. The van der Waals surface area contributed by atoms with E-state index >= 15 is 0 Å². The Morgan fingerprint density at radius 2 is 2.00 bits per heavy atom. The van der Waals surface area contributed by atoms with E-state index in [4.69, 9.17) is 0 Å². The van der Waals surface area contributed by atoms with Gasteiger partial charge >= 0.3 is 6.18 Å². The molecule has 0 aliphatic rings. The van der Waals surface area contributed by atoms with Crippen molar-refractivity contribution in [2.45, 2.75) is 38.1 Å². The van der Waals surface area contributed by atoms with E-state index in [2.05, 4.69) is 9.38 Å². The van der Waals surface area contributed by atoms with Crippen LogP contribution in [0.1, 0.15) is 31.9 Å². The van der Waals surface area contributed by atoms with Crippen LogP contribution in [0.5, 0.6) is 0 Å². The molecule has 0 N–H and O–H groups in total. The van der Waals surface area contributed by atoms with Crippen molar-refractivity contribution in [1.82, 2.24) is 4.98 Å². The molecule has 0 radical (unpaired) electrons. The molecule has 0 unspecified atom stereocenters. The highest BCUT2D eigenvalue weighted by Gasteiger charge is 2.28. The van der Waals surface area contributed by atoms with Crippen LogP contribution in [0, 0.1) is 0 Å². The summed E-state index contributed by atoms with van der Waals surface area (Å²) in [5.41, 5.74) is 0.301. The molecule has 0 spiro atoms. The Morgan fingerprint density at radius 1 is 1.37 bits per heavy atom. The number of nitrogens with zero attached hydrogens (tertiary/aromatic N) is 2. The third-order valence-electron chi connectivity index (χ3n) is 2.15. The van der Waals surface area contributed by atoms with Crippen molar-refractivity contribution in [2.24, 2.45) is 4.40 Å². The summed E-state index contributed by atoms with van der Waals surface area (Å²) in [4.78, 5) is 3.76. The van der Waals surface area contributed by atoms with Crippen LogP contribution < -0.4 is 0 Å². The van der Waals surface area contributed by atoms with E-state index in [9.17, 15) is 17.4 Å². The van der Waals surface area contributed by atoms with Crippen molar-refractivity contribution in [3.8, 4) is 0 Å². The minimum absolute atomic E-state index is 0.0668. The van der Waals surface area contributed by atoms with Gasteiger partial charge in [0.2, 0.25) is 0 Å². The third-order valence-corrected chi connectivity index (χ3v) is 3.49. The monoisotopic (exact) mass is 292 g/mol. The molecule has 0 aliphatic carbocycles. The minimum Gasteiger partial charge on any atom is -0.264 e. The van der Waals surface area contributed by atoms with E-state index in [-0.39, 0.29) is 11.1 Å².